The third-order valence-electron chi connectivity index (χ3n) is 6.88. The van der Waals surface area contributed by atoms with Crippen molar-refractivity contribution in [2.45, 2.75) is 117 Å². The van der Waals surface area contributed by atoms with Crippen LogP contribution in [-0.4, -0.2) is 25.6 Å². The lowest BCUT2D eigenvalue weighted by Crippen LogP contribution is -2.33. The molecule has 2 rings (SSSR count). The molecule has 0 amide bonds. The molecule has 0 radical (unpaired) electrons. The zero-order valence-electron chi connectivity index (χ0n) is 24.0. The smallest absolute Gasteiger partial charge is 0.211 e. The first kappa shape index (κ1) is 32.6. The number of sulfonamides is 1. The largest absolute Gasteiger partial charge is 0.492 e. The molecule has 1 heterocycles. The molecule has 0 atom stereocenters. The molecular formula is C31H50ClN2O3S+. The summed E-state index contributed by atoms with van der Waals surface area (Å²) >= 11 is 6.49. The Morgan fingerprint density at radius 3 is 1.84 bits per heavy atom. The van der Waals surface area contributed by atoms with Gasteiger partial charge in [-0.3, -0.25) is 0 Å². The second-order valence-electron chi connectivity index (χ2n) is 10.5. The van der Waals surface area contributed by atoms with Crippen LogP contribution in [0.4, 0.5) is 0 Å². The summed E-state index contributed by atoms with van der Waals surface area (Å²) in [5.41, 5.74) is 1.80. The quantitative estimate of drug-likeness (QED) is 0.113. The Labute approximate surface area is 237 Å². The molecule has 0 N–H and O–H groups in total. The molecule has 0 saturated carbocycles. The highest BCUT2D eigenvalue weighted by molar-refractivity contribution is 7.88. The summed E-state index contributed by atoms with van der Waals surface area (Å²) < 4.78 is 34.4. The van der Waals surface area contributed by atoms with E-state index >= 15 is 0 Å². The Hall–Kier alpha value is -1.63. The number of aryl methyl sites for hydroxylation is 1. The van der Waals surface area contributed by atoms with Crippen LogP contribution in [0.25, 0.3) is 0 Å². The molecule has 38 heavy (non-hydrogen) atoms. The van der Waals surface area contributed by atoms with Crippen LogP contribution in [0.3, 0.4) is 0 Å². The Balaban J connectivity index is 1.71. The number of pyridine rings is 1. The number of benzene rings is 1. The normalized spacial score (nSPS) is 11.8. The van der Waals surface area contributed by atoms with E-state index in [1.807, 2.05) is 42.7 Å². The maximum absolute atomic E-state index is 12.5. The molecule has 0 spiro atoms. The first-order valence-electron chi connectivity index (χ1n) is 14.7. The van der Waals surface area contributed by atoms with Gasteiger partial charge in [0, 0.05) is 31.6 Å². The van der Waals surface area contributed by atoms with Crippen LogP contribution in [0.1, 0.15) is 108 Å². The van der Waals surface area contributed by atoms with Crippen molar-refractivity contribution in [1.29, 1.82) is 0 Å². The lowest BCUT2D eigenvalue weighted by atomic mass is 10.1. The molecule has 2 aromatic rings. The van der Waals surface area contributed by atoms with E-state index in [-0.39, 0.29) is 6.54 Å². The second-order valence-corrected chi connectivity index (χ2v) is 12.9. The molecular weight excluding hydrogens is 516 g/mol. The van der Waals surface area contributed by atoms with Gasteiger partial charge in [0.1, 0.15) is 12.3 Å². The van der Waals surface area contributed by atoms with Crippen molar-refractivity contribution in [3.05, 3.63) is 58.9 Å². The van der Waals surface area contributed by atoms with E-state index in [2.05, 4.69) is 18.4 Å². The minimum atomic E-state index is -3.39. The molecule has 214 valence electrons. The van der Waals surface area contributed by atoms with Crippen molar-refractivity contribution in [2.75, 3.05) is 12.9 Å². The SMILES string of the molecule is CCCCCCCCCCCCCCOc1ccc(CN(Cc2cc[n+](CCC)cc2)S(C)(=O)=O)cc1Cl. The molecule has 0 aliphatic rings. The van der Waals surface area contributed by atoms with Crippen LogP contribution in [-0.2, 0) is 29.7 Å². The van der Waals surface area contributed by atoms with Gasteiger partial charge in [0.25, 0.3) is 0 Å². The van der Waals surface area contributed by atoms with Crippen molar-refractivity contribution in [3.63, 3.8) is 0 Å². The van der Waals surface area contributed by atoms with Gasteiger partial charge >= 0.3 is 0 Å². The van der Waals surface area contributed by atoms with E-state index < -0.39 is 10.0 Å². The zero-order valence-corrected chi connectivity index (χ0v) is 25.5. The summed E-state index contributed by atoms with van der Waals surface area (Å²) in [5.74, 6) is 0.660. The molecule has 0 bridgehead atoms. The summed E-state index contributed by atoms with van der Waals surface area (Å²) in [7, 11) is -3.39. The first-order valence-corrected chi connectivity index (χ1v) is 16.9. The van der Waals surface area contributed by atoms with Crippen LogP contribution < -0.4 is 9.30 Å². The second kappa shape index (κ2) is 18.6. The van der Waals surface area contributed by atoms with Crippen molar-refractivity contribution >= 4 is 21.6 Å². The zero-order chi connectivity index (χ0) is 27.6. The van der Waals surface area contributed by atoms with Crippen molar-refractivity contribution in [2.24, 2.45) is 0 Å². The number of unbranched alkanes of at least 4 members (excludes halogenated alkanes) is 11. The predicted molar refractivity (Wildman–Crippen MR) is 159 cm³/mol. The third kappa shape index (κ3) is 13.4. The lowest BCUT2D eigenvalue weighted by Gasteiger charge is -2.20. The van der Waals surface area contributed by atoms with E-state index in [1.165, 1.54) is 81.2 Å². The maximum atomic E-state index is 12.5. The molecule has 0 fully saturated rings. The van der Waals surface area contributed by atoms with Crippen LogP contribution >= 0.6 is 11.6 Å². The molecule has 0 aliphatic carbocycles. The Kier molecular flexibility index (Phi) is 16.0. The standard InChI is InChI=1S/C31H50ClN2O3S/c1-4-6-7-8-9-10-11-12-13-14-15-16-24-37-31-18-17-29(25-30(31)32)27-34(38(3,35)36)26-28-19-22-33(21-5-2)23-20-28/h17-20,22-23,25H,4-16,21,24,26-27H2,1-3H3/q+1. The number of nitrogens with zero attached hydrogens (tertiary/aromatic N) is 2. The average Bonchev–Trinajstić information content (AvgIpc) is 2.88. The third-order valence-corrected chi connectivity index (χ3v) is 8.37. The van der Waals surface area contributed by atoms with Crippen molar-refractivity contribution in [3.8, 4) is 5.75 Å². The van der Waals surface area contributed by atoms with Gasteiger partial charge < -0.3 is 4.74 Å². The molecule has 0 saturated heterocycles. The van der Waals surface area contributed by atoms with Gasteiger partial charge in [-0.05, 0) is 29.7 Å². The summed E-state index contributed by atoms with van der Waals surface area (Å²) in [4.78, 5) is 0. The molecule has 5 nitrogen and oxygen atoms in total. The molecule has 1 aromatic carbocycles. The van der Waals surface area contributed by atoms with Gasteiger partial charge in [0.2, 0.25) is 10.0 Å². The number of hydrogen-bond acceptors (Lipinski definition) is 3. The van der Waals surface area contributed by atoms with Gasteiger partial charge in [-0.1, -0.05) is 102 Å². The molecule has 0 unspecified atom stereocenters. The highest BCUT2D eigenvalue weighted by Crippen LogP contribution is 2.27. The van der Waals surface area contributed by atoms with Crippen molar-refractivity contribution < 1.29 is 17.7 Å². The van der Waals surface area contributed by atoms with Crippen LogP contribution in [0.5, 0.6) is 5.75 Å². The van der Waals surface area contributed by atoms with Gasteiger partial charge in [0.15, 0.2) is 12.4 Å². The first-order chi connectivity index (χ1) is 18.3. The van der Waals surface area contributed by atoms with Crippen molar-refractivity contribution in [1.82, 2.24) is 4.31 Å². The maximum Gasteiger partial charge on any atom is 0.211 e. The van der Waals surface area contributed by atoms with E-state index in [0.717, 1.165) is 30.5 Å². The fraction of sp³-hybridized carbons (Fsp3) is 0.645. The minimum absolute atomic E-state index is 0.265. The van der Waals surface area contributed by atoms with Crippen LogP contribution in [0, 0.1) is 0 Å². The monoisotopic (exact) mass is 565 g/mol. The van der Waals surface area contributed by atoms with Gasteiger partial charge in [0.05, 0.1) is 17.9 Å². The Morgan fingerprint density at radius 1 is 0.763 bits per heavy atom. The number of halogens is 1. The van der Waals surface area contributed by atoms with E-state index in [1.54, 1.807) is 0 Å². The average molecular weight is 566 g/mol. The summed E-state index contributed by atoms with van der Waals surface area (Å²) in [6.07, 6.45) is 22.1. The number of ether oxygens (including phenoxy) is 1. The van der Waals surface area contributed by atoms with Crippen LogP contribution in [0.15, 0.2) is 42.7 Å². The predicted octanol–water partition coefficient (Wildman–Crippen LogP) is 8.08. The van der Waals surface area contributed by atoms with E-state index in [9.17, 15) is 8.42 Å². The highest BCUT2D eigenvalue weighted by atomic mass is 35.5. The van der Waals surface area contributed by atoms with E-state index in [0.29, 0.717) is 23.9 Å². The number of rotatable bonds is 21. The number of aromatic nitrogens is 1. The minimum Gasteiger partial charge on any atom is -0.492 e. The van der Waals surface area contributed by atoms with Gasteiger partial charge in [-0.2, -0.15) is 4.31 Å². The Bertz CT molecular complexity index is 1010. The lowest BCUT2D eigenvalue weighted by molar-refractivity contribution is -0.697. The topological polar surface area (TPSA) is 50.5 Å². The molecule has 7 heteroatoms. The van der Waals surface area contributed by atoms with Gasteiger partial charge in [-0.15, -0.1) is 0 Å². The van der Waals surface area contributed by atoms with Crippen LogP contribution in [0.2, 0.25) is 5.02 Å². The fourth-order valence-corrected chi connectivity index (χ4v) is 5.61. The van der Waals surface area contributed by atoms with Gasteiger partial charge in [-0.25, -0.2) is 13.0 Å². The summed E-state index contributed by atoms with van der Waals surface area (Å²) in [5, 5.41) is 0.523. The Morgan fingerprint density at radius 2 is 1.32 bits per heavy atom. The van der Waals surface area contributed by atoms with E-state index in [4.69, 9.17) is 16.3 Å². The fourth-order valence-electron chi connectivity index (χ4n) is 4.58. The summed E-state index contributed by atoms with van der Waals surface area (Å²) in [6.45, 7) is 6.58. The number of hydrogen-bond donors (Lipinski definition) is 0. The highest BCUT2D eigenvalue weighted by Gasteiger charge is 2.19. The molecule has 0 aliphatic heterocycles. The molecule has 1 aromatic heterocycles. The summed E-state index contributed by atoms with van der Waals surface area (Å²) in [6, 6.07) is 9.54.